The van der Waals surface area contributed by atoms with Gasteiger partial charge in [0.15, 0.2) is 0 Å². The molecule has 0 aliphatic heterocycles. The molecular weight excluding hydrogens is 316 g/mol. The van der Waals surface area contributed by atoms with Gasteiger partial charge >= 0.3 is 0 Å². The third-order valence-electron chi connectivity index (χ3n) is 3.68. The molecule has 2 heterocycles. The summed E-state index contributed by atoms with van der Waals surface area (Å²) in [5.74, 6) is 0.666. The Morgan fingerprint density at radius 1 is 1.36 bits per heavy atom. The van der Waals surface area contributed by atoms with Crippen molar-refractivity contribution in [1.82, 2.24) is 9.55 Å². The molecule has 0 saturated heterocycles. The summed E-state index contributed by atoms with van der Waals surface area (Å²) in [6, 6.07) is 4.03. The fourth-order valence-corrected chi connectivity index (χ4v) is 3.83. The molecule has 0 atom stereocenters. The van der Waals surface area contributed by atoms with Crippen molar-refractivity contribution in [2.24, 2.45) is 0 Å². The Bertz CT molecular complexity index is 652. The van der Waals surface area contributed by atoms with Crippen molar-refractivity contribution >= 4 is 23.4 Å². The smallest absolute Gasteiger partial charge is 0.0793 e. The van der Waals surface area contributed by atoms with Crippen LogP contribution in [0.5, 0.6) is 0 Å². The molecule has 1 N–H and O–H groups in total. The van der Waals surface area contributed by atoms with Crippen molar-refractivity contribution in [1.29, 1.82) is 0 Å². The van der Waals surface area contributed by atoms with Crippen LogP contribution in [0, 0.1) is 6.92 Å². The maximum absolute atomic E-state index is 9.74. The highest BCUT2D eigenvalue weighted by Crippen LogP contribution is 2.33. The lowest BCUT2D eigenvalue weighted by Gasteiger charge is -2.12. The van der Waals surface area contributed by atoms with E-state index in [1.165, 1.54) is 16.2 Å². The zero-order valence-electron chi connectivity index (χ0n) is 13.0. The number of nitrogens with zero attached hydrogens (tertiary/aromatic N) is 2. The molecule has 0 aliphatic carbocycles. The van der Waals surface area contributed by atoms with Gasteiger partial charge in [-0.2, -0.15) is 0 Å². The summed E-state index contributed by atoms with van der Waals surface area (Å²) in [5.41, 5.74) is 4.53. The van der Waals surface area contributed by atoms with Crippen molar-refractivity contribution in [2.45, 2.75) is 38.4 Å². The van der Waals surface area contributed by atoms with E-state index in [2.05, 4.69) is 30.0 Å². The monoisotopic (exact) mass is 336 g/mol. The van der Waals surface area contributed by atoms with Crippen LogP contribution in [0.3, 0.4) is 0 Å². The molecule has 0 spiro atoms. The molecule has 0 unspecified atom stereocenters. The van der Waals surface area contributed by atoms with E-state index in [0.717, 1.165) is 24.2 Å². The number of halogens is 1. The molecule has 5 heteroatoms. The number of rotatable bonds is 7. The fourth-order valence-electron chi connectivity index (χ4n) is 2.57. The lowest BCUT2D eigenvalue weighted by molar-refractivity contribution is 0.279. The fraction of sp³-hybridized carbons (Fsp3) is 0.353. The molecule has 2 aromatic heterocycles. The summed E-state index contributed by atoms with van der Waals surface area (Å²) in [4.78, 5) is 4.06. The maximum Gasteiger partial charge on any atom is 0.0793 e. The number of hydrogen-bond donors (Lipinski definition) is 1. The Morgan fingerprint density at radius 3 is 2.59 bits per heavy atom. The second-order valence-corrected chi connectivity index (χ2v) is 6.61. The zero-order chi connectivity index (χ0) is 16.1. The summed E-state index contributed by atoms with van der Waals surface area (Å²) in [6.45, 7) is 8.77. The molecule has 2 rings (SSSR count). The minimum atomic E-state index is 0.0632. The Labute approximate surface area is 141 Å². The van der Waals surface area contributed by atoms with Crippen molar-refractivity contribution in [3.8, 4) is 0 Å². The van der Waals surface area contributed by atoms with Crippen LogP contribution in [0.25, 0.3) is 0 Å². The van der Waals surface area contributed by atoms with Gasteiger partial charge < -0.3 is 9.67 Å². The average Bonchev–Trinajstić information content (AvgIpc) is 2.77. The van der Waals surface area contributed by atoms with E-state index >= 15 is 0 Å². The van der Waals surface area contributed by atoms with Crippen LogP contribution in [-0.2, 0) is 19.6 Å². The van der Waals surface area contributed by atoms with Crippen LogP contribution >= 0.6 is 23.4 Å². The van der Waals surface area contributed by atoms with E-state index in [-0.39, 0.29) is 6.61 Å². The standard InChI is InChI=1S/C17H21ClN2OS/c1-4-15-16(10-21)13(3)20(17(15)22-11-12(2)18)9-14-5-7-19-8-6-14/h5-8,21H,2,4,9-11H2,1,3H3. The van der Waals surface area contributed by atoms with Gasteiger partial charge in [0, 0.05) is 41.0 Å². The van der Waals surface area contributed by atoms with E-state index in [4.69, 9.17) is 11.6 Å². The lowest BCUT2D eigenvalue weighted by Crippen LogP contribution is -2.04. The molecule has 0 fully saturated rings. The number of hydrogen-bond acceptors (Lipinski definition) is 3. The number of pyridine rings is 1. The van der Waals surface area contributed by atoms with Crippen molar-refractivity contribution in [3.63, 3.8) is 0 Å². The Kier molecular flexibility index (Phi) is 6.12. The van der Waals surface area contributed by atoms with Crippen LogP contribution in [0.1, 0.15) is 29.3 Å². The summed E-state index contributed by atoms with van der Waals surface area (Å²) >= 11 is 7.61. The van der Waals surface area contributed by atoms with Gasteiger partial charge in [0.1, 0.15) is 0 Å². The molecule has 0 amide bonds. The summed E-state index contributed by atoms with van der Waals surface area (Å²) in [6.07, 6.45) is 4.49. The molecule has 118 valence electrons. The number of aliphatic hydroxyl groups is 1. The van der Waals surface area contributed by atoms with Crippen LogP contribution < -0.4 is 0 Å². The zero-order valence-corrected chi connectivity index (χ0v) is 14.5. The first-order valence-electron chi connectivity index (χ1n) is 7.25. The predicted molar refractivity (Wildman–Crippen MR) is 93.5 cm³/mol. The molecule has 3 nitrogen and oxygen atoms in total. The first kappa shape index (κ1) is 17.1. The molecule has 0 aliphatic rings. The van der Waals surface area contributed by atoms with Gasteiger partial charge in [-0.3, -0.25) is 4.98 Å². The van der Waals surface area contributed by atoms with Crippen molar-refractivity contribution < 1.29 is 5.11 Å². The maximum atomic E-state index is 9.74. The molecule has 0 saturated carbocycles. The predicted octanol–water partition coefficient (Wildman–Crippen LogP) is 4.14. The van der Waals surface area contributed by atoms with Gasteiger partial charge in [-0.25, -0.2) is 0 Å². The number of thioether (sulfide) groups is 1. The summed E-state index contributed by atoms with van der Waals surface area (Å²) in [7, 11) is 0. The van der Waals surface area contributed by atoms with Gasteiger partial charge in [-0.1, -0.05) is 25.1 Å². The third-order valence-corrected chi connectivity index (χ3v) is 5.20. The highest BCUT2D eigenvalue weighted by Gasteiger charge is 2.19. The Hall–Kier alpha value is -1.23. The third kappa shape index (κ3) is 3.75. The molecule has 0 bridgehead atoms. The molecule has 0 aromatic carbocycles. The van der Waals surface area contributed by atoms with Crippen LogP contribution in [0.15, 0.2) is 41.2 Å². The van der Waals surface area contributed by atoms with Gasteiger partial charge in [-0.15, -0.1) is 11.8 Å². The van der Waals surface area contributed by atoms with E-state index in [0.29, 0.717) is 10.8 Å². The van der Waals surface area contributed by atoms with E-state index in [1.807, 2.05) is 12.1 Å². The highest BCUT2D eigenvalue weighted by atomic mass is 35.5. The van der Waals surface area contributed by atoms with Crippen LogP contribution in [0.2, 0.25) is 0 Å². The second-order valence-electron chi connectivity index (χ2n) is 5.11. The van der Waals surface area contributed by atoms with E-state index < -0.39 is 0 Å². The normalized spacial score (nSPS) is 10.9. The topological polar surface area (TPSA) is 38.0 Å². The van der Waals surface area contributed by atoms with Crippen LogP contribution in [0.4, 0.5) is 0 Å². The van der Waals surface area contributed by atoms with E-state index in [9.17, 15) is 5.11 Å². The SMILES string of the molecule is C=C(Cl)CSc1c(CC)c(CO)c(C)n1Cc1ccncc1. The highest BCUT2D eigenvalue weighted by molar-refractivity contribution is 7.99. The molecule has 0 radical (unpaired) electrons. The molecular formula is C17H21ClN2OS. The van der Waals surface area contributed by atoms with Crippen molar-refractivity contribution in [3.05, 3.63) is 58.5 Å². The van der Waals surface area contributed by atoms with Crippen molar-refractivity contribution in [2.75, 3.05) is 5.75 Å². The first-order chi connectivity index (χ1) is 10.6. The minimum absolute atomic E-state index is 0.0632. The minimum Gasteiger partial charge on any atom is -0.392 e. The number of aromatic nitrogens is 2. The molecule has 22 heavy (non-hydrogen) atoms. The summed E-state index contributed by atoms with van der Waals surface area (Å²) < 4.78 is 2.25. The number of aliphatic hydroxyl groups excluding tert-OH is 1. The first-order valence-corrected chi connectivity index (χ1v) is 8.61. The molecule has 2 aromatic rings. The Balaban J connectivity index is 2.45. The van der Waals surface area contributed by atoms with Gasteiger partial charge in [0.05, 0.1) is 11.6 Å². The van der Waals surface area contributed by atoms with Crippen LogP contribution in [-0.4, -0.2) is 20.4 Å². The quantitative estimate of drug-likeness (QED) is 0.772. The van der Waals surface area contributed by atoms with E-state index in [1.54, 1.807) is 24.2 Å². The lowest BCUT2D eigenvalue weighted by atomic mass is 10.1. The van der Waals surface area contributed by atoms with Gasteiger partial charge in [0.2, 0.25) is 0 Å². The summed E-state index contributed by atoms with van der Waals surface area (Å²) in [5, 5.41) is 11.5. The average molecular weight is 337 g/mol. The Morgan fingerprint density at radius 2 is 2.05 bits per heavy atom. The van der Waals surface area contributed by atoms with Gasteiger partial charge in [0.25, 0.3) is 0 Å². The second kappa shape index (κ2) is 7.86. The van der Waals surface area contributed by atoms with Gasteiger partial charge in [-0.05, 0) is 36.6 Å². The largest absolute Gasteiger partial charge is 0.392 e.